The number of carboxylic acid groups (broad SMARTS) is 2. The average Bonchev–Trinajstić information content (AvgIpc) is 1.84. The molecule has 64 valence electrons. The summed E-state index contributed by atoms with van der Waals surface area (Å²) in [5.74, 6) is -3.11. The van der Waals surface area contributed by atoms with Gasteiger partial charge < -0.3 is 30.6 Å². The van der Waals surface area contributed by atoms with Gasteiger partial charge >= 0.3 is 0 Å². The monoisotopic (exact) mass is 162 g/mol. The zero-order valence-electron chi connectivity index (χ0n) is 5.65. The molecule has 6 nitrogen and oxygen atoms in total. The van der Waals surface area contributed by atoms with Gasteiger partial charge in [0.25, 0.3) is 0 Å². The molecule has 0 aromatic carbocycles. The van der Waals surface area contributed by atoms with E-state index in [-0.39, 0.29) is 0 Å². The number of carboxylic acids is 2. The van der Waals surface area contributed by atoms with Crippen LogP contribution in [-0.2, 0) is 9.59 Å². The van der Waals surface area contributed by atoms with Crippen LogP contribution < -0.4 is 15.9 Å². The second-order valence-electron chi connectivity index (χ2n) is 2.07. The van der Waals surface area contributed by atoms with Crippen LogP contribution in [-0.4, -0.2) is 29.2 Å². The normalized spacial score (nSPS) is 15.5. The lowest BCUT2D eigenvalue weighted by Gasteiger charge is -2.16. The number of aliphatic carboxylic acids is 2. The molecule has 0 amide bonds. The molecule has 0 heterocycles. The highest BCUT2D eigenvalue weighted by Crippen LogP contribution is 1.92. The minimum absolute atomic E-state index is 0.748. The van der Waals surface area contributed by atoms with Crippen LogP contribution in [0.4, 0.5) is 0 Å². The minimum Gasteiger partial charge on any atom is -0.550 e. The fourth-order valence-electron chi connectivity index (χ4n) is 0.470. The Morgan fingerprint density at radius 2 is 1.91 bits per heavy atom. The molecule has 2 atom stereocenters. The molecule has 0 aliphatic rings. The smallest absolute Gasteiger partial charge is 0.151 e. The molecule has 0 aliphatic heterocycles. The first-order valence-electron chi connectivity index (χ1n) is 2.87. The van der Waals surface area contributed by atoms with Crippen LogP contribution in [0.25, 0.3) is 0 Å². The number of aliphatic hydroxyl groups excluding tert-OH is 1. The summed E-state index contributed by atoms with van der Waals surface area (Å²) in [6.07, 6.45) is -2.30. The van der Waals surface area contributed by atoms with E-state index < -0.39 is 30.5 Å². The third-order valence-electron chi connectivity index (χ3n) is 1.14. The third-order valence-corrected chi connectivity index (χ3v) is 1.14. The Bertz CT molecular complexity index is 168. The highest BCUT2D eigenvalue weighted by atomic mass is 16.4. The molecule has 0 rings (SSSR count). The molecule has 0 saturated carbocycles. The van der Waals surface area contributed by atoms with Crippen molar-refractivity contribution in [3.63, 3.8) is 0 Å². The van der Waals surface area contributed by atoms with E-state index in [0.29, 0.717) is 0 Å². The van der Waals surface area contributed by atoms with Crippen LogP contribution >= 0.6 is 0 Å². The summed E-state index contributed by atoms with van der Waals surface area (Å²) in [7, 11) is 0. The molecule has 0 bridgehead atoms. The van der Waals surface area contributed by atoms with Gasteiger partial charge in [0.05, 0.1) is 0 Å². The number of carbonyl (C=O) groups excluding carboxylic acids is 2. The van der Waals surface area contributed by atoms with Crippen molar-refractivity contribution in [3.8, 4) is 0 Å². The van der Waals surface area contributed by atoms with Crippen molar-refractivity contribution in [1.29, 1.82) is 0 Å². The molecule has 1 unspecified atom stereocenters. The van der Waals surface area contributed by atoms with Gasteiger partial charge in [0, 0.05) is 12.4 Å². The van der Waals surface area contributed by atoms with E-state index in [1.54, 1.807) is 0 Å². The van der Waals surface area contributed by atoms with Gasteiger partial charge in [-0.2, -0.15) is 0 Å². The number of quaternary nitrogens is 1. The zero-order chi connectivity index (χ0) is 9.02. The standard InChI is InChI=1S/C5H9NO5/c6-4(5(10)11)2(7)1-3(8)9/h2,4,7H,1,6H2,(H,8,9)(H,10,11)/p-1/t2?,4-/m0/s1. The van der Waals surface area contributed by atoms with Crippen molar-refractivity contribution >= 4 is 11.9 Å². The van der Waals surface area contributed by atoms with Gasteiger partial charge in [-0.3, -0.25) is 0 Å². The molecule has 0 saturated heterocycles. The van der Waals surface area contributed by atoms with Crippen LogP contribution in [0, 0.1) is 0 Å². The number of aliphatic hydroxyl groups is 1. The minimum atomic E-state index is -1.58. The fourth-order valence-corrected chi connectivity index (χ4v) is 0.470. The summed E-state index contributed by atoms with van der Waals surface area (Å²) in [6, 6.07) is -1.44. The first-order chi connectivity index (χ1) is 4.95. The highest BCUT2D eigenvalue weighted by Gasteiger charge is 2.18. The van der Waals surface area contributed by atoms with Gasteiger partial charge in [-0.15, -0.1) is 0 Å². The van der Waals surface area contributed by atoms with Crippen molar-refractivity contribution < 1.29 is 30.6 Å². The number of carbonyl (C=O) groups is 2. The molecular weight excluding hydrogens is 154 g/mol. The number of rotatable bonds is 4. The quantitative estimate of drug-likeness (QED) is 0.427. The van der Waals surface area contributed by atoms with Gasteiger partial charge in [-0.25, -0.2) is 0 Å². The van der Waals surface area contributed by atoms with E-state index in [9.17, 15) is 19.8 Å². The van der Waals surface area contributed by atoms with Crippen LogP contribution in [0.1, 0.15) is 6.42 Å². The first-order valence-corrected chi connectivity index (χ1v) is 2.87. The highest BCUT2D eigenvalue weighted by molar-refractivity contribution is 5.72. The number of hydrogen-bond acceptors (Lipinski definition) is 5. The lowest BCUT2D eigenvalue weighted by atomic mass is 10.1. The molecule has 4 N–H and O–H groups in total. The molecule has 0 radical (unpaired) electrons. The molecule has 0 spiro atoms. The van der Waals surface area contributed by atoms with Gasteiger partial charge in [0.1, 0.15) is 12.1 Å². The van der Waals surface area contributed by atoms with E-state index in [1.807, 2.05) is 0 Å². The summed E-state index contributed by atoms with van der Waals surface area (Å²) < 4.78 is 0. The Labute approximate surface area is 62.2 Å². The SMILES string of the molecule is [NH3+][C@H](C(=O)[O-])C(O)CC(=O)[O-]. The maximum absolute atomic E-state index is 9.98. The molecule has 0 aromatic rings. The molecule has 0 aliphatic carbocycles. The Kier molecular flexibility index (Phi) is 3.49. The Morgan fingerprint density at radius 3 is 2.18 bits per heavy atom. The second kappa shape index (κ2) is 3.89. The molecule has 0 fully saturated rings. The van der Waals surface area contributed by atoms with Crippen LogP contribution in [0.15, 0.2) is 0 Å². The predicted molar refractivity (Wildman–Crippen MR) is 27.3 cm³/mol. The van der Waals surface area contributed by atoms with E-state index in [0.717, 1.165) is 0 Å². The summed E-state index contributed by atoms with van der Waals surface area (Å²) >= 11 is 0. The summed E-state index contributed by atoms with van der Waals surface area (Å²) in [5, 5.41) is 28.6. The lowest BCUT2D eigenvalue weighted by Crippen LogP contribution is -2.73. The maximum Gasteiger partial charge on any atom is 0.151 e. The van der Waals surface area contributed by atoms with Crippen LogP contribution in [0.5, 0.6) is 0 Å². The summed E-state index contributed by atoms with van der Waals surface area (Å²) in [4.78, 5) is 19.8. The molecule has 0 aromatic heterocycles. The Hall–Kier alpha value is -1.14. The Morgan fingerprint density at radius 1 is 1.45 bits per heavy atom. The predicted octanol–water partition coefficient (Wildman–Crippen LogP) is -5.15. The molecule has 6 heteroatoms. The first kappa shape index (κ1) is 9.86. The van der Waals surface area contributed by atoms with Crippen LogP contribution in [0.3, 0.4) is 0 Å². The van der Waals surface area contributed by atoms with Gasteiger partial charge in [0.2, 0.25) is 0 Å². The third kappa shape index (κ3) is 3.54. The molecular formula is C5H8NO5-. The van der Waals surface area contributed by atoms with Crippen molar-refractivity contribution in [2.45, 2.75) is 18.6 Å². The van der Waals surface area contributed by atoms with Crippen LogP contribution in [0.2, 0.25) is 0 Å². The van der Waals surface area contributed by atoms with E-state index in [1.165, 1.54) is 0 Å². The average molecular weight is 162 g/mol. The van der Waals surface area contributed by atoms with E-state index in [4.69, 9.17) is 5.11 Å². The zero-order valence-corrected chi connectivity index (χ0v) is 5.65. The van der Waals surface area contributed by atoms with Crippen molar-refractivity contribution in [2.75, 3.05) is 0 Å². The van der Waals surface area contributed by atoms with Gasteiger partial charge in [0.15, 0.2) is 6.04 Å². The maximum atomic E-state index is 9.98. The van der Waals surface area contributed by atoms with Gasteiger partial charge in [-0.05, 0) is 0 Å². The largest absolute Gasteiger partial charge is 0.550 e. The Balaban J connectivity index is 3.92. The topological polar surface area (TPSA) is 128 Å². The van der Waals surface area contributed by atoms with E-state index in [2.05, 4.69) is 5.73 Å². The fraction of sp³-hybridized carbons (Fsp3) is 0.600. The summed E-state index contributed by atoms with van der Waals surface area (Å²) in [5.41, 5.74) is 2.99. The van der Waals surface area contributed by atoms with Crippen molar-refractivity contribution in [3.05, 3.63) is 0 Å². The second-order valence-corrected chi connectivity index (χ2v) is 2.07. The summed E-state index contributed by atoms with van der Waals surface area (Å²) in [6.45, 7) is 0. The molecule has 11 heavy (non-hydrogen) atoms. The van der Waals surface area contributed by atoms with E-state index >= 15 is 0 Å². The lowest BCUT2D eigenvalue weighted by molar-refractivity contribution is -0.452. The van der Waals surface area contributed by atoms with Crippen molar-refractivity contribution in [2.24, 2.45) is 0 Å². The number of hydrogen-bond donors (Lipinski definition) is 2. The van der Waals surface area contributed by atoms with Crippen molar-refractivity contribution in [1.82, 2.24) is 0 Å². The van der Waals surface area contributed by atoms with Gasteiger partial charge in [-0.1, -0.05) is 0 Å².